The summed E-state index contributed by atoms with van der Waals surface area (Å²) in [7, 11) is 0. The summed E-state index contributed by atoms with van der Waals surface area (Å²) in [5.41, 5.74) is 6.18. The summed E-state index contributed by atoms with van der Waals surface area (Å²) in [5.74, 6) is 1.55. The van der Waals surface area contributed by atoms with Gasteiger partial charge >= 0.3 is 0 Å². The summed E-state index contributed by atoms with van der Waals surface area (Å²) in [6.45, 7) is 13.5. The lowest BCUT2D eigenvalue weighted by Crippen LogP contribution is -2.52. The van der Waals surface area contributed by atoms with Gasteiger partial charge < -0.3 is 14.4 Å². The second-order valence-corrected chi connectivity index (χ2v) is 9.94. The molecule has 2 fully saturated rings. The van der Waals surface area contributed by atoms with Crippen LogP contribution in [0, 0.1) is 19.8 Å². The molecule has 1 atom stereocenters. The molecule has 5 rings (SSSR count). The highest BCUT2D eigenvalue weighted by molar-refractivity contribution is 5.79. The van der Waals surface area contributed by atoms with Gasteiger partial charge in [-0.1, -0.05) is 24.3 Å². The Bertz CT molecular complexity index is 1160. The van der Waals surface area contributed by atoms with Crippen LogP contribution in [0.5, 0.6) is 0 Å². The summed E-state index contributed by atoms with van der Waals surface area (Å²) in [6.07, 6.45) is 2.07. The third-order valence-electron chi connectivity index (χ3n) is 7.57. The fraction of sp³-hybridized carbons (Fsp3) is 0.500. The van der Waals surface area contributed by atoms with Gasteiger partial charge in [0.25, 0.3) is 0 Å². The van der Waals surface area contributed by atoms with Crippen molar-refractivity contribution in [3.8, 4) is 0 Å². The standard InChI is InChI=1S/C28H37N5O/c1-4-33-25-10-6-5-9-24(25)29-27(33)20-30-13-7-8-23(19-30)28(34)32-16-14-31(15-17-32)26-18-21(2)11-12-22(26)3/h5-6,9-12,18,23H,4,7-8,13-17,19-20H2,1-3H3/t23-/m0/s1. The lowest BCUT2D eigenvalue weighted by atomic mass is 9.96. The number of aromatic nitrogens is 2. The van der Waals surface area contributed by atoms with Gasteiger partial charge in [0.2, 0.25) is 5.91 Å². The van der Waals surface area contributed by atoms with Gasteiger partial charge in [-0.2, -0.15) is 0 Å². The molecule has 0 unspecified atom stereocenters. The lowest BCUT2D eigenvalue weighted by molar-refractivity contribution is -0.137. The Morgan fingerprint density at radius 1 is 1.03 bits per heavy atom. The molecular weight excluding hydrogens is 422 g/mol. The Morgan fingerprint density at radius 3 is 2.62 bits per heavy atom. The van der Waals surface area contributed by atoms with Gasteiger partial charge in [-0.25, -0.2) is 4.98 Å². The first-order valence-corrected chi connectivity index (χ1v) is 12.8. The van der Waals surface area contributed by atoms with Gasteiger partial charge in [-0.15, -0.1) is 0 Å². The van der Waals surface area contributed by atoms with Crippen LogP contribution in [-0.2, 0) is 17.9 Å². The van der Waals surface area contributed by atoms with Crippen molar-refractivity contribution in [1.82, 2.24) is 19.4 Å². The first-order valence-electron chi connectivity index (χ1n) is 12.8. The van der Waals surface area contributed by atoms with E-state index >= 15 is 0 Å². The van der Waals surface area contributed by atoms with E-state index in [2.05, 4.69) is 82.5 Å². The van der Waals surface area contributed by atoms with Crippen molar-refractivity contribution in [1.29, 1.82) is 0 Å². The smallest absolute Gasteiger partial charge is 0.227 e. The number of likely N-dealkylation sites (tertiary alicyclic amines) is 1. The Kier molecular flexibility index (Phi) is 6.59. The van der Waals surface area contributed by atoms with Crippen molar-refractivity contribution < 1.29 is 4.79 Å². The first kappa shape index (κ1) is 22.9. The molecule has 6 heteroatoms. The molecular formula is C28H37N5O. The Morgan fingerprint density at radius 2 is 1.82 bits per heavy atom. The average Bonchev–Trinajstić information content (AvgIpc) is 3.22. The van der Waals surface area contributed by atoms with Crippen molar-refractivity contribution in [2.75, 3.05) is 44.2 Å². The van der Waals surface area contributed by atoms with E-state index in [-0.39, 0.29) is 5.92 Å². The number of piperidine rings is 1. The van der Waals surface area contributed by atoms with Crippen LogP contribution in [0.2, 0.25) is 0 Å². The van der Waals surface area contributed by atoms with Crippen LogP contribution in [0.25, 0.3) is 11.0 Å². The van der Waals surface area contributed by atoms with E-state index in [4.69, 9.17) is 4.98 Å². The van der Waals surface area contributed by atoms with Crippen molar-refractivity contribution >= 4 is 22.6 Å². The Labute approximate surface area is 203 Å². The molecule has 2 aliphatic heterocycles. The number of rotatable bonds is 5. The predicted octanol–water partition coefficient (Wildman–Crippen LogP) is 4.23. The van der Waals surface area contributed by atoms with E-state index in [9.17, 15) is 4.79 Å². The number of fused-ring (bicyclic) bond motifs is 1. The summed E-state index contributed by atoms with van der Waals surface area (Å²) in [4.78, 5) is 25.3. The van der Waals surface area contributed by atoms with Crippen molar-refractivity contribution in [2.24, 2.45) is 5.92 Å². The lowest BCUT2D eigenvalue weighted by Gasteiger charge is -2.40. The quantitative estimate of drug-likeness (QED) is 0.573. The Hall–Kier alpha value is -2.86. The van der Waals surface area contributed by atoms with Crippen molar-refractivity contribution in [2.45, 2.75) is 46.7 Å². The van der Waals surface area contributed by atoms with Gasteiger partial charge in [-0.3, -0.25) is 9.69 Å². The number of nitrogens with zero attached hydrogens (tertiary/aromatic N) is 5. The molecule has 34 heavy (non-hydrogen) atoms. The number of hydrogen-bond donors (Lipinski definition) is 0. The Balaban J connectivity index is 1.21. The van der Waals surface area contributed by atoms with Crippen LogP contribution in [-0.4, -0.2) is 64.5 Å². The highest BCUT2D eigenvalue weighted by Gasteiger charge is 2.31. The number of para-hydroxylation sites is 2. The van der Waals surface area contributed by atoms with Crippen LogP contribution in [0.4, 0.5) is 5.69 Å². The van der Waals surface area contributed by atoms with Crippen LogP contribution in [0.15, 0.2) is 42.5 Å². The molecule has 3 heterocycles. The zero-order valence-corrected chi connectivity index (χ0v) is 20.8. The summed E-state index contributed by atoms with van der Waals surface area (Å²) in [6, 6.07) is 15.0. The zero-order chi connectivity index (χ0) is 23.7. The highest BCUT2D eigenvalue weighted by Crippen LogP contribution is 2.26. The van der Waals surface area contributed by atoms with E-state index < -0.39 is 0 Å². The van der Waals surface area contributed by atoms with Gasteiger partial charge in [0.15, 0.2) is 0 Å². The number of carbonyl (C=O) groups excluding carboxylic acids is 1. The second kappa shape index (κ2) is 9.79. The van der Waals surface area contributed by atoms with E-state index in [1.807, 2.05) is 0 Å². The number of anilines is 1. The number of amides is 1. The highest BCUT2D eigenvalue weighted by atomic mass is 16.2. The van der Waals surface area contributed by atoms with Gasteiger partial charge in [0, 0.05) is 45.0 Å². The second-order valence-electron chi connectivity index (χ2n) is 9.94. The molecule has 2 aromatic carbocycles. The number of benzene rings is 2. The maximum Gasteiger partial charge on any atom is 0.227 e. The molecule has 6 nitrogen and oxygen atoms in total. The molecule has 0 bridgehead atoms. The van der Waals surface area contributed by atoms with E-state index in [0.29, 0.717) is 5.91 Å². The predicted molar refractivity (Wildman–Crippen MR) is 138 cm³/mol. The number of hydrogen-bond acceptors (Lipinski definition) is 4. The number of piperazine rings is 1. The van der Waals surface area contributed by atoms with Gasteiger partial charge in [0.05, 0.1) is 23.5 Å². The minimum atomic E-state index is 0.0976. The summed E-state index contributed by atoms with van der Waals surface area (Å²) in [5, 5.41) is 0. The topological polar surface area (TPSA) is 44.6 Å². The molecule has 0 radical (unpaired) electrons. The van der Waals surface area contributed by atoms with Crippen molar-refractivity contribution in [3.63, 3.8) is 0 Å². The normalized spacial score (nSPS) is 19.7. The van der Waals surface area contributed by atoms with Crippen LogP contribution < -0.4 is 4.90 Å². The monoisotopic (exact) mass is 459 g/mol. The average molecular weight is 460 g/mol. The maximum absolute atomic E-state index is 13.4. The van der Waals surface area contributed by atoms with E-state index in [1.165, 1.54) is 22.3 Å². The van der Waals surface area contributed by atoms with Crippen LogP contribution >= 0.6 is 0 Å². The number of carbonyl (C=O) groups is 1. The zero-order valence-electron chi connectivity index (χ0n) is 20.8. The number of aryl methyl sites for hydroxylation is 3. The molecule has 0 N–H and O–H groups in total. The molecule has 0 aliphatic carbocycles. The van der Waals surface area contributed by atoms with Crippen LogP contribution in [0.1, 0.15) is 36.7 Å². The van der Waals surface area contributed by atoms with Crippen LogP contribution in [0.3, 0.4) is 0 Å². The first-order chi connectivity index (χ1) is 16.5. The molecule has 1 amide bonds. The molecule has 0 spiro atoms. The summed E-state index contributed by atoms with van der Waals surface area (Å²) < 4.78 is 2.31. The minimum Gasteiger partial charge on any atom is -0.368 e. The third kappa shape index (κ3) is 4.56. The SMILES string of the molecule is CCn1c(CN2CCC[C@H](C(=O)N3CCN(c4cc(C)ccc4C)CC3)C2)nc2ccccc21. The van der Waals surface area contributed by atoms with E-state index in [0.717, 1.165) is 76.5 Å². The molecule has 2 saturated heterocycles. The minimum absolute atomic E-state index is 0.0976. The van der Waals surface area contributed by atoms with Gasteiger partial charge in [0.1, 0.15) is 5.82 Å². The molecule has 2 aliphatic rings. The molecule has 1 aromatic heterocycles. The fourth-order valence-electron chi connectivity index (χ4n) is 5.69. The molecule has 180 valence electrons. The van der Waals surface area contributed by atoms with Crippen molar-refractivity contribution in [3.05, 3.63) is 59.4 Å². The number of imidazole rings is 1. The molecule has 3 aromatic rings. The van der Waals surface area contributed by atoms with E-state index in [1.54, 1.807) is 0 Å². The third-order valence-corrected chi connectivity index (χ3v) is 7.57. The van der Waals surface area contributed by atoms with Gasteiger partial charge in [-0.05, 0) is 69.5 Å². The maximum atomic E-state index is 13.4. The molecule has 0 saturated carbocycles. The fourth-order valence-corrected chi connectivity index (χ4v) is 5.69. The summed E-state index contributed by atoms with van der Waals surface area (Å²) >= 11 is 0. The largest absolute Gasteiger partial charge is 0.368 e.